The normalized spacial score (nSPS) is 30.8. The number of nitrogens with two attached hydrogens (primary N) is 1. The molecule has 5 heteroatoms. The fraction of sp³-hybridized carbons (Fsp3) is 0.538. The van der Waals surface area contributed by atoms with Crippen LogP contribution in [0.15, 0.2) is 12.1 Å². The van der Waals surface area contributed by atoms with E-state index >= 15 is 0 Å². The summed E-state index contributed by atoms with van der Waals surface area (Å²) in [6, 6.07) is 2.43. The summed E-state index contributed by atoms with van der Waals surface area (Å²) >= 11 is 0. The summed E-state index contributed by atoms with van der Waals surface area (Å²) in [5, 5.41) is 9.83. The molecule has 1 aromatic rings. The van der Waals surface area contributed by atoms with Crippen molar-refractivity contribution in [1.82, 2.24) is 0 Å². The third-order valence-corrected chi connectivity index (χ3v) is 4.24. The van der Waals surface area contributed by atoms with Crippen LogP contribution in [0.25, 0.3) is 0 Å². The molecule has 3 nitrogen and oxygen atoms in total. The Morgan fingerprint density at radius 3 is 2.72 bits per heavy atom. The van der Waals surface area contributed by atoms with Crippen LogP contribution in [0.3, 0.4) is 0 Å². The average Bonchev–Trinajstić information content (AvgIpc) is 2.88. The zero-order valence-electron chi connectivity index (χ0n) is 9.94. The van der Waals surface area contributed by atoms with Gasteiger partial charge < -0.3 is 15.7 Å². The highest BCUT2D eigenvalue weighted by atomic mass is 19.2. The number of rotatable bonds is 1. The maximum absolute atomic E-state index is 13.8. The van der Waals surface area contributed by atoms with Gasteiger partial charge in [0.1, 0.15) is 0 Å². The van der Waals surface area contributed by atoms with Crippen LogP contribution in [0, 0.1) is 23.5 Å². The van der Waals surface area contributed by atoms with Gasteiger partial charge in [0.05, 0.1) is 17.5 Å². The first-order valence-electron chi connectivity index (χ1n) is 6.24. The van der Waals surface area contributed by atoms with Gasteiger partial charge in [-0.2, -0.15) is 0 Å². The zero-order chi connectivity index (χ0) is 12.9. The number of fused-ring (bicyclic) bond motifs is 1. The van der Waals surface area contributed by atoms with Crippen LogP contribution in [0.2, 0.25) is 0 Å². The molecule has 1 aliphatic heterocycles. The number of benzene rings is 1. The largest absolute Gasteiger partial charge is 0.397 e. The Bertz CT molecular complexity index is 480. The fourth-order valence-corrected chi connectivity index (χ4v) is 3.30. The highest BCUT2D eigenvalue weighted by Crippen LogP contribution is 2.42. The lowest BCUT2D eigenvalue weighted by Gasteiger charge is -2.22. The summed E-state index contributed by atoms with van der Waals surface area (Å²) in [5.74, 6) is -1.24. The molecule has 1 aliphatic carbocycles. The fourth-order valence-electron chi connectivity index (χ4n) is 3.30. The topological polar surface area (TPSA) is 49.5 Å². The standard InChI is InChI=1S/C13H16F2N2O/c14-9-2-3-10(16)13(12(9)15)17-5-7-1-4-11(18)8(7)6-17/h2-3,7-8,11,18H,1,4-6,16H2. The number of aliphatic hydroxyl groups excluding tert-OH is 1. The second-order valence-electron chi connectivity index (χ2n) is 5.27. The first kappa shape index (κ1) is 11.7. The summed E-state index contributed by atoms with van der Waals surface area (Å²) < 4.78 is 27.1. The van der Waals surface area contributed by atoms with Crippen molar-refractivity contribution in [2.24, 2.45) is 11.8 Å². The molecule has 3 unspecified atom stereocenters. The van der Waals surface area contributed by atoms with E-state index in [-0.39, 0.29) is 23.4 Å². The molecule has 3 N–H and O–H groups in total. The van der Waals surface area contributed by atoms with Gasteiger partial charge in [-0.1, -0.05) is 0 Å². The Balaban J connectivity index is 1.91. The lowest BCUT2D eigenvalue weighted by molar-refractivity contribution is 0.133. The minimum Gasteiger partial charge on any atom is -0.397 e. The van der Waals surface area contributed by atoms with E-state index in [2.05, 4.69) is 0 Å². The van der Waals surface area contributed by atoms with Gasteiger partial charge in [0.2, 0.25) is 0 Å². The molecule has 1 aromatic carbocycles. The van der Waals surface area contributed by atoms with Crippen LogP contribution in [0.5, 0.6) is 0 Å². The van der Waals surface area contributed by atoms with Gasteiger partial charge in [0, 0.05) is 19.0 Å². The van der Waals surface area contributed by atoms with Crippen molar-refractivity contribution in [2.75, 3.05) is 23.7 Å². The van der Waals surface area contributed by atoms with Gasteiger partial charge in [-0.05, 0) is 30.9 Å². The summed E-state index contributed by atoms with van der Waals surface area (Å²) in [6.45, 7) is 1.20. The summed E-state index contributed by atoms with van der Waals surface area (Å²) in [6.07, 6.45) is 1.43. The molecule has 0 bridgehead atoms. The zero-order valence-corrected chi connectivity index (χ0v) is 9.94. The molecule has 1 saturated carbocycles. The average molecular weight is 254 g/mol. The molecule has 0 radical (unpaired) electrons. The smallest absolute Gasteiger partial charge is 0.184 e. The van der Waals surface area contributed by atoms with E-state index in [0.29, 0.717) is 19.0 Å². The van der Waals surface area contributed by atoms with Crippen molar-refractivity contribution in [2.45, 2.75) is 18.9 Å². The predicted molar refractivity (Wildman–Crippen MR) is 65.2 cm³/mol. The number of anilines is 2. The van der Waals surface area contributed by atoms with Gasteiger partial charge in [-0.15, -0.1) is 0 Å². The Hall–Kier alpha value is -1.36. The highest BCUT2D eigenvalue weighted by Gasteiger charge is 2.42. The summed E-state index contributed by atoms with van der Waals surface area (Å²) in [5.41, 5.74) is 6.15. The number of hydrogen-bond acceptors (Lipinski definition) is 3. The monoisotopic (exact) mass is 254 g/mol. The van der Waals surface area contributed by atoms with Crippen LogP contribution < -0.4 is 10.6 Å². The molecule has 0 amide bonds. The maximum Gasteiger partial charge on any atom is 0.184 e. The SMILES string of the molecule is Nc1ccc(F)c(F)c1N1CC2CCC(O)C2C1. The molecule has 0 spiro atoms. The van der Waals surface area contributed by atoms with Gasteiger partial charge in [0.25, 0.3) is 0 Å². The van der Waals surface area contributed by atoms with Crippen LogP contribution in [-0.2, 0) is 0 Å². The molecule has 3 atom stereocenters. The predicted octanol–water partition coefficient (Wildman–Crippen LogP) is 1.75. The summed E-state index contributed by atoms with van der Waals surface area (Å²) in [4.78, 5) is 1.77. The van der Waals surface area contributed by atoms with Crippen LogP contribution >= 0.6 is 0 Å². The Labute approximate surface area is 104 Å². The van der Waals surface area contributed by atoms with Crippen molar-refractivity contribution in [3.8, 4) is 0 Å². The van der Waals surface area contributed by atoms with Crippen LogP contribution in [0.4, 0.5) is 20.2 Å². The number of aliphatic hydroxyl groups is 1. The van der Waals surface area contributed by atoms with E-state index in [1.165, 1.54) is 6.07 Å². The van der Waals surface area contributed by atoms with E-state index in [1.807, 2.05) is 0 Å². The minimum absolute atomic E-state index is 0.150. The number of hydrogen-bond donors (Lipinski definition) is 2. The Morgan fingerprint density at radius 2 is 2.00 bits per heavy atom. The van der Waals surface area contributed by atoms with E-state index in [4.69, 9.17) is 5.73 Å². The van der Waals surface area contributed by atoms with Crippen molar-refractivity contribution < 1.29 is 13.9 Å². The first-order chi connectivity index (χ1) is 8.58. The molecule has 18 heavy (non-hydrogen) atoms. The lowest BCUT2D eigenvalue weighted by Crippen LogP contribution is -2.26. The maximum atomic E-state index is 13.8. The van der Waals surface area contributed by atoms with Crippen LogP contribution in [0.1, 0.15) is 12.8 Å². The van der Waals surface area contributed by atoms with Crippen molar-refractivity contribution in [3.63, 3.8) is 0 Å². The number of nitrogens with zero attached hydrogens (tertiary/aromatic N) is 1. The third kappa shape index (κ3) is 1.65. The van der Waals surface area contributed by atoms with E-state index in [9.17, 15) is 13.9 Å². The van der Waals surface area contributed by atoms with Gasteiger partial charge in [-0.3, -0.25) is 0 Å². The van der Waals surface area contributed by atoms with Gasteiger partial charge in [-0.25, -0.2) is 8.78 Å². The molecule has 1 saturated heterocycles. The number of nitrogen functional groups attached to an aromatic ring is 1. The van der Waals surface area contributed by atoms with E-state index in [1.54, 1.807) is 4.90 Å². The second kappa shape index (κ2) is 4.09. The molecule has 98 valence electrons. The second-order valence-corrected chi connectivity index (χ2v) is 5.27. The van der Waals surface area contributed by atoms with Gasteiger partial charge >= 0.3 is 0 Å². The first-order valence-corrected chi connectivity index (χ1v) is 6.24. The molecule has 0 aromatic heterocycles. The number of halogens is 2. The molecule has 1 heterocycles. The molecular weight excluding hydrogens is 238 g/mol. The molecular formula is C13H16F2N2O. The summed E-state index contributed by atoms with van der Waals surface area (Å²) in [7, 11) is 0. The molecule has 3 rings (SSSR count). The molecule has 2 fully saturated rings. The van der Waals surface area contributed by atoms with Crippen molar-refractivity contribution in [3.05, 3.63) is 23.8 Å². The molecule has 2 aliphatic rings. The quantitative estimate of drug-likeness (QED) is 0.751. The highest BCUT2D eigenvalue weighted by molar-refractivity contribution is 5.69. The van der Waals surface area contributed by atoms with E-state index in [0.717, 1.165) is 18.9 Å². The van der Waals surface area contributed by atoms with Crippen molar-refractivity contribution in [1.29, 1.82) is 0 Å². The Morgan fingerprint density at radius 1 is 1.22 bits per heavy atom. The van der Waals surface area contributed by atoms with Crippen LogP contribution in [-0.4, -0.2) is 24.3 Å². The van der Waals surface area contributed by atoms with Gasteiger partial charge in [0.15, 0.2) is 11.6 Å². The van der Waals surface area contributed by atoms with Crippen molar-refractivity contribution >= 4 is 11.4 Å². The lowest BCUT2D eigenvalue weighted by atomic mass is 10.00. The third-order valence-electron chi connectivity index (χ3n) is 4.24. The van der Waals surface area contributed by atoms with E-state index < -0.39 is 11.6 Å². The minimum atomic E-state index is -0.885. The Kier molecular flexibility index (Phi) is 2.66.